The lowest BCUT2D eigenvalue weighted by molar-refractivity contribution is -0.115. The fourth-order valence-corrected chi connectivity index (χ4v) is 2.18. The molecule has 2 heteroatoms. The van der Waals surface area contributed by atoms with Gasteiger partial charge in [-0.15, -0.1) is 0 Å². The Morgan fingerprint density at radius 1 is 1.19 bits per heavy atom. The smallest absolute Gasteiger partial charge is 0.159 e. The second-order valence-corrected chi connectivity index (χ2v) is 4.26. The van der Waals surface area contributed by atoms with Crippen molar-refractivity contribution in [2.45, 2.75) is 26.2 Å². The van der Waals surface area contributed by atoms with Crippen LogP contribution >= 0.6 is 0 Å². The van der Waals surface area contributed by atoms with Crippen LogP contribution in [0.5, 0.6) is 5.75 Å². The fourth-order valence-electron chi connectivity index (χ4n) is 2.18. The Bertz CT molecular complexity index is 440. The number of methoxy groups -OCH3 is 1. The summed E-state index contributed by atoms with van der Waals surface area (Å²) in [6.45, 7) is 3.97. The maximum absolute atomic E-state index is 11.6. The van der Waals surface area contributed by atoms with E-state index in [1.165, 1.54) is 11.1 Å². The molecule has 0 N–H and O–H groups in total. The fraction of sp³-hybridized carbons (Fsp3) is 0.357. The lowest BCUT2D eigenvalue weighted by Gasteiger charge is -2.12. The molecule has 1 unspecified atom stereocenters. The van der Waals surface area contributed by atoms with Crippen molar-refractivity contribution in [3.8, 4) is 5.75 Å². The van der Waals surface area contributed by atoms with E-state index in [0.29, 0.717) is 6.42 Å². The van der Waals surface area contributed by atoms with Crippen molar-refractivity contribution in [1.29, 1.82) is 0 Å². The number of carbonyl (C=O) groups excluding carboxylic acids is 1. The molecule has 1 atom stereocenters. The molecule has 2 nitrogen and oxygen atoms in total. The molecule has 0 radical (unpaired) electrons. The first-order chi connectivity index (χ1) is 7.63. The van der Waals surface area contributed by atoms with Crippen molar-refractivity contribution < 1.29 is 9.53 Å². The molecule has 0 aliphatic heterocycles. The van der Waals surface area contributed by atoms with Crippen LogP contribution in [0.1, 0.15) is 31.7 Å². The molecule has 0 saturated carbocycles. The third kappa shape index (κ3) is 1.75. The van der Waals surface area contributed by atoms with Crippen LogP contribution in [0.15, 0.2) is 35.4 Å². The van der Waals surface area contributed by atoms with Gasteiger partial charge in [-0.3, -0.25) is 4.79 Å². The highest BCUT2D eigenvalue weighted by Gasteiger charge is 2.27. The Morgan fingerprint density at radius 2 is 1.81 bits per heavy atom. The van der Waals surface area contributed by atoms with Crippen molar-refractivity contribution >= 4 is 5.78 Å². The largest absolute Gasteiger partial charge is 0.497 e. The first-order valence-corrected chi connectivity index (χ1v) is 5.48. The number of Topliss-reactive ketones (excluding diaryl/α,β-unsaturated/α-hetero) is 1. The van der Waals surface area contributed by atoms with E-state index in [-0.39, 0.29) is 11.7 Å². The van der Waals surface area contributed by atoms with Crippen LogP contribution in [-0.4, -0.2) is 12.9 Å². The number of rotatable bonds is 2. The van der Waals surface area contributed by atoms with Gasteiger partial charge in [0.25, 0.3) is 0 Å². The number of benzene rings is 1. The van der Waals surface area contributed by atoms with Crippen molar-refractivity contribution in [3.63, 3.8) is 0 Å². The molecule has 1 aliphatic carbocycles. The summed E-state index contributed by atoms with van der Waals surface area (Å²) in [4.78, 5) is 11.6. The number of carbonyl (C=O) groups is 1. The quantitative estimate of drug-likeness (QED) is 0.759. The minimum Gasteiger partial charge on any atom is -0.497 e. The number of ether oxygens (including phenoxy) is 1. The maximum Gasteiger partial charge on any atom is 0.159 e. The standard InChI is InChI=1S/C14H16O2/c1-9-10(2)14(15)8-13(9)11-4-6-12(16-3)7-5-11/h4-7,13H,8H2,1-3H3. The molecule has 16 heavy (non-hydrogen) atoms. The van der Waals surface area contributed by atoms with Gasteiger partial charge in [0.2, 0.25) is 0 Å². The van der Waals surface area contributed by atoms with Crippen LogP contribution in [0.4, 0.5) is 0 Å². The van der Waals surface area contributed by atoms with Gasteiger partial charge in [0.05, 0.1) is 7.11 Å². The normalized spacial score (nSPS) is 20.4. The molecule has 0 bridgehead atoms. The SMILES string of the molecule is COc1ccc(C2CC(=O)C(C)=C2C)cc1. The Morgan fingerprint density at radius 3 is 2.25 bits per heavy atom. The van der Waals surface area contributed by atoms with Gasteiger partial charge in [-0.05, 0) is 37.1 Å². The van der Waals surface area contributed by atoms with Gasteiger partial charge in [-0.2, -0.15) is 0 Å². The number of hydrogen-bond acceptors (Lipinski definition) is 2. The van der Waals surface area contributed by atoms with E-state index < -0.39 is 0 Å². The second kappa shape index (κ2) is 4.12. The van der Waals surface area contributed by atoms with Crippen molar-refractivity contribution in [3.05, 3.63) is 41.0 Å². The number of hydrogen-bond donors (Lipinski definition) is 0. The van der Waals surface area contributed by atoms with Crippen molar-refractivity contribution in [2.75, 3.05) is 7.11 Å². The summed E-state index contributed by atoms with van der Waals surface area (Å²) in [6, 6.07) is 7.97. The molecule has 2 rings (SSSR count). The molecular weight excluding hydrogens is 200 g/mol. The first kappa shape index (κ1) is 10.9. The first-order valence-electron chi connectivity index (χ1n) is 5.48. The van der Waals surface area contributed by atoms with E-state index in [0.717, 1.165) is 11.3 Å². The van der Waals surface area contributed by atoms with E-state index in [2.05, 4.69) is 6.92 Å². The molecule has 0 amide bonds. The van der Waals surface area contributed by atoms with Crippen LogP contribution in [-0.2, 0) is 4.79 Å². The van der Waals surface area contributed by atoms with Gasteiger partial charge in [0.15, 0.2) is 5.78 Å². The monoisotopic (exact) mass is 216 g/mol. The van der Waals surface area contributed by atoms with Gasteiger partial charge in [-0.25, -0.2) is 0 Å². The minimum absolute atomic E-state index is 0.262. The Labute approximate surface area is 95.9 Å². The Kier molecular flexibility index (Phi) is 2.82. The van der Waals surface area contributed by atoms with Crippen LogP contribution in [0.2, 0.25) is 0 Å². The predicted octanol–water partition coefficient (Wildman–Crippen LogP) is 3.09. The van der Waals surface area contributed by atoms with E-state index in [4.69, 9.17) is 4.74 Å². The zero-order valence-electron chi connectivity index (χ0n) is 9.91. The summed E-state index contributed by atoms with van der Waals surface area (Å²) in [5.74, 6) is 1.39. The summed E-state index contributed by atoms with van der Waals surface area (Å²) in [5, 5.41) is 0. The van der Waals surface area contributed by atoms with Crippen LogP contribution < -0.4 is 4.74 Å². The zero-order chi connectivity index (χ0) is 11.7. The van der Waals surface area contributed by atoms with Gasteiger partial charge in [0, 0.05) is 12.3 Å². The molecule has 0 fully saturated rings. The Hall–Kier alpha value is -1.57. The molecule has 1 aromatic rings. The molecule has 0 aromatic heterocycles. The van der Waals surface area contributed by atoms with Gasteiger partial charge >= 0.3 is 0 Å². The van der Waals surface area contributed by atoms with E-state index in [1.54, 1.807) is 7.11 Å². The number of ketones is 1. The van der Waals surface area contributed by atoms with Crippen LogP contribution in [0.3, 0.4) is 0 Å². The van der Waals surface area contributed by atoms with E-state index in [1.807, 2.05) is 31.2 Å². The Balaban J connectivity index is 2.29. The summed E-state index contributed by atoms with van der Waals surface area (Å²) in [5.41, 5.74) is 3.33. The minimum atomic E-state index is 0.262. The van der Waals surface area contributed by atoms with E-state index in [9.17, 15) is 4.79 Å². The molecule has 84 valence electrons. The van der Waals surface area contributed by atoms with Gasteiger partial charge in [-0.1, -0.05) is 17.7 Å². The highest BCUT2D eigenvalue weighted by molar-refractivity contribution is 5.99. The van der Waals surface area contributed by atoms with Crippen LogP contribution in [0, 0.1) is 0 Å². The topological polar surface area (TPSA) is 26.3 Å². The van der Waals surface area contributed by atoms with Crippen LogP contribution in [0.25, 0.3) is 0 Å². The average molecular weight is 216 g/mol. The lowest BCUT2D eigenvalue weighted by atomic mass is 9.93. The molecule has 1 aliphatic rings. The summed E-state index contributed by atoms with van der Waals surface area (Å²) < 4.78 is 5.12. The van der Waals surface area contributed by atoms with Crippen molar-refractivity contribution in [1.82, 2.24) is 0 Å². The molecular formula is C14H16O2. The highest BCUT2D eigenvalue weighted by Crippen LogP contribution is 2.37. The van der Waals surface area contributed by atoms with Gasteiger partial charge < -0.3 is 4.74 Å². The third-order valence-corrected chi connectivity index (χ3v) is 3.44. The summed E-state index contributed by atoms with van der Waals surface area (Å²) in [7, 11) is 1.66. The molecule has 0 heterocycles. The molecule has 1 aromatic carbocycles. The van der Waals surface area contributed by atoms with Crippen molar-refractivity contribution in [2.24, 2.45) is 0 Å². The lowest BCUT2D eigenvalue weighted by Crippen LogP contribution is -1.98. The second-order valence-electron chi connectivity index (χ2n) is 4.26. The zero-order valence-corrected chi connectivity index (χ0v) is 9.91. The summed E-state index contributed by atoms with van der Waals surface area (Å²) >= 11 is 0. The molecule has 0 saturated heterocycles. The predicted molar refractivity (Wildman–Crippen MR) is 63.7 cm³/mol. The average Bonchev–Trinajstić information content (AvgIpc) is 2.57. The maximum atomic E-state index is 11.6. The highest BCUT2D eigenvalue weighted by atomic mass is 16.5. The number of allylic oxidation sites excluding steroid dienone is 2. The van der Waals surface area contributed by atoms with E-state index >= 15 is 0 Å². The third-order valence-electron chi connectivity index (χ3n) is 3.44. The molecule has 0 spiro atoms. The van der Waals surface area contributed by atoms with Gasteiger partial charge in [0.1, 0.15) is 5.75 Å². The summed E-state index contributed by atoms with van der Waals surface area (Å²) in [6.07, 6.45) is 0.615.